The summed E-state index contributed by atoms with van der Waals surface area (Å²) in [6.07, 6.45) is -36.6. The first-order valence-corrected chi connectivity index (χ1v) is 43.1. The van der Waals surface area contributed by atoms with E-state index in [4.69, 9.17) is 56.8 Å². The topological polar surface area (TPSA) is 651 Å². The second kappa shape index (κ2) is 54.3. The van der Waals surface area contributed by atoms with Crippen molar-refractivity contribution in [3.8, 4) is 0 Å². The summed E-state index contributed by atoms with van der Waals surface area (Å²) in [7, 11) is 0. The van der Waals surface area contributed by atoms with E-state index in [2.05, 4.69) is 24.5 Å². The van der Waals surface area contributed by atoms with Crippen molar-refractivity contribution in [3.63, 3.8) is 0 Å². The monoisotopic (exact) mass is 1730 g/mol. The molecule has 0 aromatic heterocycles. The summed E-state index contributed by atoms with van der Waals surface area (Å²) in [6, 6.07) is -3.43. The van der Waals surface area contributed by atoms with Crippen molar-refractivity contribution in [1.29, 1.82) is 0 Å². The van der Waals surface area contributed by atoms with Gasteiger partial charge < -0.3 is 185 Å². The molecule has 0 aromatic carbocycles. The molecule has 35 atom stereocenters. The number of aliphatic carboxylic acids is 1. The van der Waals surface area contributed by atoms with Crippen LogP contribution in [0.25, 0.3) is 0 Å². The van der Waals surface area contributed by atoms with Crippen molar-refractivity contribution in [1.82, 2.24) is 10.6 Å². The number of carbonyl (C=O) groups excluding carboxylic acids is 2. The van der Waals surface area contributed by atoms with E-state index >= 15 is 0 Å². The third kappa shape index (κ3) is 30.6. The maximum atomic E-state index is 14.0. The highest BCUT2D eigenvalue weighted by Crippen LogP contribution is 2.42. The molecule has 6 heterocycles. The Bertz CT molecular complexity index is 2770. The fourth-order valence-corrected chi connectivity index (χ4v) is 16.1. The lowest BCUT2D eigenvalue weighted by molar-refractivity contribution is -0.395. The van der Waals surface area contributed by atoms with Gasteiger partial charge in [0.15, 0.2) is 31.5 Å². The molecule has 40 nitrogen and oxygen atoms in total. The lowest BCUT2D eigenvalue weighted by Crippen LogP contribution is -2.72. The molecule has 0 bridgehead atoms. The number of nitrogens with one attached hydrogen (secondary N) is 2. The Kier molecular flexibility index (Phi) is 47.8. The molecule has 0 spiro atoms. The number of carboxylic acids is 1. The summed E-state index contributed by atoms with van der Waals surface area (Å²) in [5, 5.41) is 260. The number of ether oxygens (including phenoxy) is 12. The van der Waals surface area contributed by atoms with Gasteiger partial charge in [-0.1, -0.05) is 194 Å². The lowest BCUT2D eigenvalue weighted by atomic mass is 9.87. The largest absolute Gasteiger partial charge is 0.477 e. The molecule has 6 rings (SSSR count). The number of carbonyl (C=O) groups is 3. The van der Waals surface area contributed by atoms with Crippen molar-refractivity contribution in [2.24, 2.45) is 0 Å². The van der Waals surface area contributed by atoms with E-state index in [1.165, 1.54) is 103 Å². The predicted molar refractivity (Wildman–Crippen MR) is 411 cm³/mol. The van der Waals surface area contributed by atoms with Crippen LogP contribution in [0.1, 0.15) is 220 Å². The number of hydrogen-bond donors (Lipinski definition) is 25. The summed E-state index contributed by atoms with van der Waals surface area (Å²) in [4.78, 5) is 40.7. The van der Waals surface area contributed by atoms with Crippen LogP contribution in [0, 0.1) is 0 Å². The van der Waals surface area contributed by atoms with Gasteiger partial charge in [-0.25, -0.2) is 4.79 Å². The number of rotatable bonds is 58. The summed E-state index contributed by atoms with van der Waals surface area (Å²) in [5.41, 5.74) is 0. The van der Waals surface area contributed by atoms with Gasteiger partial charge in [0.2, 0.25) is 11.8 Å². The van der Waals surface area contributed by atoms with Crippen molar-refractivity contribution in [2.75, 3.05) is 46.2 Å². The highest BCUT2D eigenvalue weighted by atomic mass is 16.8. The lowest BCUT2D eigenvalue weighted by Gasteiger charge is -2.52. The number of carboxylic acid groups (broad SMARTS) is 1. The molecule has 6 fully saturated rings. The quantitative estimate of drug-likeness (QED) is 0.0256. The molecule has 6 aliphatic rings. The third-order valence-electron chi connectivity index (χ3n) is 23.3. The average Bonchev–Trinajstić information content (AvgIpc) is 1.06. The number of hydrogen-bond acceptors (Lipinski definition) is 37. The molecule has 40 heteroatoms. The number of aliphatic hydroxyl groups is 22. The normalized spacial score (nSPS) is 36.3. The Labute approximate surface area is 694 Å². The van der Waals surface area contributed by atoms with Gasteiger partial charge in [0.25, 0.3) is 5.79 Å². The molecular formula is C79H144N2O38. The maximum absolute atomic E-state index is 14.0. The highest BCUT2D eigenvalue weighted by Gasteiger charge is 2.63. The first-order valence-electron chi connectivity index (χ1n) is 43.1. The van der Waals surface area contributed by atoms with Gasteiger partial charge in [-0.3, -0.25) is 9.59 Å². The Balaban J connectivity index is 1.14. The van der Waals surface area contributed by atoms with Gasteiger partial charge in [-0.2, -0.15) is 0 Å². The van der Waals surface area contributed by atoms with Crippen LogP contribution in [0.15, 0.2) is 0 Å². The van der Waals surface area contributed by atoms with E-state index in [1.807, 2.05) is 0 Å². The molecular weight excluding hydrogens is 1580 g/mol. The third-order valence-corrected chi connectivity index (χ3v) is 23.3. The summed E-state index contributed by atoms with van der Waals surface area (Å²) < 4.78 is 69.8. The molecule has 6 saturated heterocycles. The van der Waals surface area contributed by atoms with Crippen LogP contribution in [0.3, 0.4) is 0 Å². The van der Waals surface area contributed by atoms with E-state index < -0.39 is 285 Å². The second-order valence-electron chi connectivity index (χ2n) is 32.7. The minimum atomic E-state index is -3.44. The molecule has 25 N–H and O–H groups in total. The molecule has 0 aliphatic carbocycles. The SMILES string of the molecule is CCCCCCCCCCCCCCCCCCC(O)C(O)C(COC1OC(CO)C(OC2OC(CO)C(OC3(C(=O)O)CC(OC4OC(CO)C(O)C(OC5OC(CO)C(O)C(OC6OC(C(O)CO)C(O)C6O)C5O)C4O)C(NC(C)=O)C(C(O)C(O)CO)O3)C(O)C2O)C(O)C1O)NC(=O)C(O)CCCCCCCCCCCCCC. The standard InChI is InChI=1S/C79H144N2O38/c1-4-6-8-10-12-14-16-18-19-20-21-23-24-26-28-30-32-44(89)54(93)43(81-72(105)45(90)33-31-29-27-25-22-17-15-13-11-9-7-5-2)41-108-73-61(100)59(98)67(51(39-86)112-73)115-74-63(102)60(99)68(52(40-87)113-74)118-79(78(106)107)34-48(53(80-42(3)88)69(119-79)55(94)46(91)35-82)109-76-64(103)70(56(95)49(37-84)110-76)117-77-65(104)71(57(96)50(38-85)111-77)116-75-62(101)58(97)66(114-75)47(92)36-83/h43-71,73-77,82-87,89-104H,4-41H2,1-3H3,(H,80,88)(H,81,105)(H,106,107). The average molecular weight is 1730 g/mol. The fraction of sp³-hybridized carbons (Fsp3) is 0.962. The maximum Gasteiger partial charge on any atom is 0.364 e. The van der Waals surface area contributed by atoms with Gasteiger partial charge in [0.05, 0.1) is 70.5 Å². The van der Waals surface area contributed by atoms with Crippen LogP contribution in [-0.4, -0.2) is 396 Å². The number of amides is 2. The van der Waals surface area contributed by atoms with E-state index in [9.17, 15) is 132 Å². The highest BCUT2D eigenvalue weighted by molar-refractivity contribution is 5.80. The van der Waals surface area contributed by atoms with E-state index in [0.29, 0.717) is 12.8 Å². The van der Waals surface area contributed by atoms with Crippen LogP contribution in [0.4, 0.5) is 0 Å². The molecule has 119 heavy (non-hydrogen) atoms. The van der Waals surface area contributed by atoms with Crippen LogP contribution in [-0.2, 0) is 71.2 Å². The van der Waals surface area contributed by atoms with E-state index in [0.717, 1.165) is 71.1 Å². The summed E-state index contributed by atoms with van der Waals surface area (Å²) in [6.45, 7) is -2.21. The smallest absolute Gasteiger partial charge is 0.364 e. The molecule has 0 saturated carbocycles. The van der Waals surface area contributed by atoms with E-state index in [1.54, 1.807) is 0 Å². The molecule has 2 amide bonds. The fourth-order valence-electron chi connectivity index (χ4n) is 16.1. The van der Waals surface area contributed by atoms with Gasteiger partial charge in [-0.05, 0) is 12.8 Å². The second-order valence-corrected chi connectivity index (χ2v) is 32.7. The van der Waals surface area contributed by atoms with Crippen molar-refractivity contribution >= 4 is 17.8 Å². The Morgan fingerprint density at radius 1 is 0.420 bits per heavy atom. The van der Waals surface area contributed by atoms with Gasteiger partial charge in [0.1, 0.15) is 153 Å². The Hall–Kier alpha value is -2.95. The van der Waals surface area contributed by atoms with Gasteiger partial charge >= 0.3 is 5.97 Å². The van der Waals surface area contributed by atoms with Gasteiger partial charge in [-0.15, -0.1) is 0 Å². The van der Waals surface area contributed by atoms with Crippen molar-refractivity contribution in [2.45, 2.75) is 434 Å². The van der Waals surface area contributed by atoms with Crippen LogP contribution in [0.5, 0.6) is 0 Å². The molecule has 35 unspecified atom stereocenters. The van der Waals surface area contributed by atoms with Crippen molar-refractivity contribution < 1.29 is 189 Å². The molecule has 0 aromatic rings. The Morgan fingerprint density at radius 2 is 0.815 bits per heavy atom. The van der Waals surface area contributed by atoms with Crippen LogP contribution in [0.2, 0.25) is 0 Å². The molecule has 6 aliphatic heterocycles. The molecule has 0 radical (unpaired) electrons. The van der Waals surface area contributed by atoms with Crippen LogP contribution >= 0.6 is 0 Å². The zero-order valence-electron chi connectivity index (χ0n) is 68.9. The minimum absolute atomic E-state index is 0.0814. The number of aliphatic hydroxyl groups excluding tert-OH is 22. The minimum Gasteiger partial charge on any atom is -0.477 e. The van der Waals surface area contributed by atoms with Crippen molar-refractivity contribution in [3.05, 3.63) is 0 Å². The number of unbranched alkanes of at least 4 members (excludes halogenated alkanes) is 26. The van der Waals surface area contributed by atoms with E-state index in [-0.39, 0.29) is 12.8 Å². The first kappa shape index (κ1) is 105. The predicted octanol–water partition coefficient (Wildman–Crippen LogP) is -4.42. The Morgan fingerprint density at radius 3 is 1.27 bits per heavy atom. The zero-order valence-corrected chi connectivity index (χ0v) is 68.9. The zero-order chi connectivity index (χ0) is 87.6. The van der Waals surface area contributed by atoms with Crippen LogP contribution < -0.4 is 10.6 Å². The first-order chi connectivity index (χ1) is 56.9. The molecule has 698 valence electrons. The summed E-state index contributed by atoms with van der Waals surface area (Å²) >= 11 is 0. The summed E-state index contributed by atoms with van der Waals surface area (Å²) in [5.74, 6) is -7.52. The van der Waals surface area contributed by atoms with Gasteiger partial charge in [0, 0.05) is 13.3 Å².